The molecule has 0 spiro atoms. The predicted molar refractivity (Wildman–Crippen MR) is 68.9 cm³/mol. The van der Waals surface area contributed by atoms with Crippen LogP contribution in [-0.4, -0.2) is 22.4 Å². The molecule has 0 fully saturated rings. The molecule has 0 saturated heterocycles. The number of esters is 1. The van der Waals surface area contributed by atoms with Gasteiger partial charge < -0.3 is 10.1 Å². The second kappa shape index (κ2) is 6.47. The third-order valence-electron chi connectivity index (χ3n) is 1.75. The lowest BCUT2D eigenvalue weighted by molar-refractivity contribution is -0.154. The smallest absolute Gasteiger partial charge is 0.397 e. The maximum Gasteiger partial charge on any atom is 0.397 e. The highest BCUT2D eigenvalue weighted by molar-refractivity contribution is 14.1. The molecule has 4 nitrogen and oxygen atoms in total. The van der Waals surface area contributed by atoms with Gasteiger partial charge in [0.1, 0.15) is 0 Å². The van der Waals surface area contributed by atoms with E-state index < -0.39 is 11.9 Å². The van der Waals surface area contributed by atoms with E-state index in [1.54, 1.807) is 19.1 Å². The first-order chi connectivity index (χ1) is 7.63. The van der Waals surface area contributed by atoms with Crippen molar-refractivity contribution in [2.75, 3.05) is 6.61 Å². The van der Waals surface area contributed by atoms with Crippen LogP contribution in [-0.2, 0) is 14.3 Å². The van der Waals surface area contributed by atoms with Gasteiger partial charge in [0.25, 0.3) is 0 Å². The molecule has 0 radical (unpaired) electrons. The van der Waals surface area contributed by atoms with Crippen molar-refractivity contribution in [1.82, 2.24) is 5.32 Å². The zero-order valence-corrected chi connectivity index (χ0v) is 10.9. The maximum absolute atomic E-state index is 11.3. The summed E-state index contributed by atoms with van der Waals surface area (Å²) in [5, 5.41) is 2.47. The number of carbonyl (C=O) groups is 2. The SMILES string of the molecule is CCOC(=O)C(=O)NC1=CC=CC(I)C=C1. The topological polar surface area (TPSA) is 55.4 Å². The van der Waals surface area contributed by atoms with Crippen molar-refractivity contribution in [1.29, 1.82) is 0 Å². The molecular weight excluding hydrogens is 321 g/mol. The van der Waals surface area contributed by atoms with Gasteiger partial charge in [0.2, 0.25) is 0 Å². The molecule has 86 valence electrons. The number of ether oxygens (including phenoxy) is 1. The van der Waals surface area contributed by atoms with Crippen molar-refractivity contribution in [3.8, 4) is 0 Å². The third kappa shape index (κ3) is 4.18. The molecule has 1 N–H and O–H groups in total. The summed E-state index contributed by atoms with van der Waals surface area (Å²) < 4.78 is 4.86. The molecule has 1 aliphatic carbocycles. The number of rotatable bonds is 2. The average molecular weight is 333 g/mol. The van der Waals surface area contributed by atoms with Crippen molar-refractivity contribution in [3.05, 3.63) is 36.1 Å². The predicted octanol–water partition coefficient (Wildman–Crippen LogP) is 1.48. The van der Waals surface area contributed by atoms with Crippen LogP contribution >= 0.6 is 22.6 Å². The molecule has 0 saturated carbocycles. The van der Waals surface area contributed by atoms with Gasteiger partial charge in [-0.15, -0.1) is 0 Å². The summed E-state index contributed by atoms with van der Waals surface area (Å²) in [5.74, 6) is -1.62. The Bertz CT molecular complexity index is 371. The molecule has 1 rings (SSSR count). The van der Waals surface area contributed by atoms with E-state index in [1.807, 2.05) is 18.2 Å². The summed E-state index contributed by atoms with van der Waals surface area (Å²) in [4.78, 5) is 22.4. The fourth-order valence-electron chi connectivity index (χ4n) is 1.04. The molecule has 1 amide bonds. The summed E-state index contributed by atoms with van der Waals surface area (Å²) in [6, 6.07) is 0. The molecule has 5 heteroatoms. The van der Waals surface area contributed by atoms with Crippen molar-refractivity contribution in [3.63, 3.8) is 0 Å². The van der Waals surface area contributed by atoms with Crippen molar-refractivity contribution in [2.24, 2.45) is 0 Å². The van der Waals surface area contributed by atoms with Gasteiger partial charge in [-0.1, -0.05) is 40.8 Å². The van der Waals surface area contributed by atoms with Crippen LogP contribution in [0.25, 0.3) is 0 Å². The number of nitrogens with one attached hydrogen (secondary N) is 1. The van der Waals surface area contributed by atoms with E-state index in [1.165, 1.54) is 0 Å². The van der Waals surface area contributed by atoms with Gasteiger partial charge in [0.05, 0.1) is 6.61 Å². The molecule has 0 aliphatic heterocycles. The number of allylic oxidation sites excluding steroid dienone is 5. The van der Waals surface area contributed by atoms with Gasteiger partial charge in [-0.2, -0.15) is 0 Å². The van der Waals surface area contributed by atoms with E-state index in [-0.39, 0.29) is 10.5 Å². The highest BCUT2D eigenvalue weighted by Crippen LogP contribution is 2.09. The first-order valence-corrected chi connectivity index (χ1v) is 6.07. The van der Waals surface area contributed by atoms with E-state index in [4.69, 9.17) is 0 Å². The highest BCUT2D eigenvalue weighted by atomic mass is 127. The Morgan fingerprint density at radius 1 is 1.50 bits per heavy atom. The van der Waals surface area contributed by atoms with Crippen LogP contribution in [0.15, 0.2) is 36.1 Å². The first kappa shape index (κ1) is 13.0. The van der Waals surface area contributed by atoms with Gasteiger partial charge in [-0.3, -0.25) is 4.79 Å². The van der Waals surface area contributed by atoms with Gasteiger partial charge >= 0.3 is 11.9 Å². The van der Waals surface area contributed by atoms with Crippen LogP contribution in [0.3, 0.4) is 0 Å². The van der Waals surface area contributed by atoms with Crippen LogP contribution in [0.2, 0.25) is 0 Å². The van der Waals surface area contributed by atoms with E-state index in [9.17, 15) is 9.59 Å². The monoisotopic (exact) mass is 333 g/mol. The summed E-state index contributed by atoms with van der Waals surface area (Å²) in [7, 11) is 0. The van der Waals surface area contributed by atoms with Crippen LogP contribution in [0, 0.1) is 0 Å². The Kier molecular flexibility index (Phi) is 5.24. The molecule has 0 aromatic rings. The molecule has 0 heterocycles. The van der Waals surface area contributed by atoms with E-state index in [2.05, 4.69) is 32.6 Å². The zero-order chi connectivity index (χ0) is 12.0. The van der Waals surface area contributed by atoms with Gasteiger partial charge in [-0.05, 0) is 19.1 Å². The quantitative estimate of drug-likeness (QED) is 0.360. The number of hydrogen-bond acceptors (Lipinski definition) is 3. The Hall–Kier alpha value is -1.11. The second-order valence-corrected chi connectivity index (χ2v) is 4.42. The number of hydrogen-bond donors (Lipinski definition) is 1. The highest BCUT2D eigenvalue weighted by Gasteiger charge is 2.15. The normalized spacial score (nSPS) is 18.6. The maximum atomic E-state index is 11.3. The van der Waals surface area contributed by atoms with Crippen LogP contribution in [0.4, 0.5) is 0 Å². The number of alkyl halides is 1. The fourth-order valence-corrected chi connectivity index (χ4v) is 1.49. The zero-order valence-electron chi connectivity index (χ0n) is 8.77. The molecule has 1 atom stereocenters. The van der Waals surface area contributed by atoms with Crippen molar-refractivity contribution in [2.45, 2.75) is 10.8 Å². The van der Waals surface area contributed by atoms with Crippen molar-refractivity contribution >= 4 is 34.5 Å². The summed E-state index contributed by atoms with van der Waals surface area (Å²) in [5.41, 5.74) is 0.577. The van der Waals surface area contributed by atoms with Crippen LogP contribution in [0.5, 0.6) is 0 Å². The van der Waals surface area contributed by atoms with Gasteiger partial charge in [-0.25, -0.2) is 4.79 Å². The number of carbonyl (C=O) groups excluding carboxylic acids is 2. The van der Waals surface area contributed by atoms with E-state index in [0.717, 1.165) is 0 Å². The number of amides is 1. The first-order valence-electron chi connectivity index (χ1n) is 4.82. The van der Waals surface area contributed by atoms with Gasteiger partial charge in [0.15, 0.2) is 0 Å². The molecule has 1 unspecified atom stereocenters. The third-order valence-corrected chi connectivity index (χ3v) is 2.58. The molecule has 16 heavy (non-hydrogen) atoms. The minimum Gasteiger partial charge on any atom is -0.459 e. The Labute approximate surface area is 108 Å². The number of halogens is 1. The van der Waals surface area contributed by atoms with Crippen molar-refractivity contribution < 1.29 is 14.3 Å². The largest absolute Gasteiger partial charge is 0.459 e. The Morgan fingerprint density at radius 2 is 2.25 bits per heavy atom. The standard InChI is InChI=1S/C11H12INO3/c1-2-16-11(15)10(14)13-9-5-3-4-8(12)6-7-9/h3-8H,2H2,1H3,(H,13,14). The van der Waals surface area contributed by atoms with Gasteiger partial charge in [0, 0.05) is 9.62 Å². The minimum atomic E-state index is -0.865. The molecule has 0 bridgehead atoms. The van der Waals surface area contributed by atoms with Crippen LogP contribution < -0.4 is 5.32 Å². The fraction of sp³-hybridized carbons (Fsp3) is 0.273. The molecule has 0 aromatic heterocycles. The summed E-state index contributed by atoms with van der Waals surface area (Å²) in [6.07, 6.45) is 9.21. The Balaban J connectivity index is 2.58. The minimum absolute atomic E-state index is 0.191. The second-order valence-electron chi connectivity index (χ2n) is 2.99. The lowest BCUT2D eigenvalue weighted by Crippen LogP contribution is -2.31. The van der Waals surface area contributed by atoms with E-state index in [0.29, 0.717) is 5.70 Å². The molecular formula is C11H12INO3. The summed E-state index contributed by atoms with van der Waals surface area (Å²) >= 11 is 2.24. The molecule has 1 aliphatic rings. The van der Waals surface area contributed by atoms with Crippen LogP contribution in [0.1, 0.15) is 6.92 Å². The lowest BCUT2D eigenvalue weighted by atomic mass is 10.3. The summed E-state index contributed by atoms with van der Waals surface area (Å²) in [6.45, 7) is 1.84. The average Bonchev–Trinajstić information content (AvgIpc) is 2.44. The Morgan fingerprint density at radius 3 is 2.94 bits per heavy atom. The molecule has 0 aromatic carbocycles. The van der Waals surface area contributed by atoms with E-state index >= 15 is 0 Å². The lowest BCUT2D eigenvalue weighted by Gasteiger charge is -2.04.